The highest BCUT2D eigenvalue weighted by molar-refractivity contribution is 5.25. The van der Waals surface area contributed by atoms with E-state index in [2.05, 4.69) is 13.8 Å². The Morgan fingerprint density at radius 2 is 1.91 bits per heavy atom. The molecule has 2 bridgehead atoms. The van der Waals surface area contributed by atoms with Gasteiger partial charge in [0.15, 0.2) is 0 Å². The molecule has 3 rings (SSSR count). The number of fused-ring (bicyclic) bond motifs is 1. The van der Waals surface area contributed by atoms with Crippen LogP contribution in [0.2, 0.25) is 0 Å². The summed E-state index contributed by atoms with van der Waals surface area (Å²) >= 11 is 0. The molecule has 4 unspecified atom stereocenters. The zero-order chi connectivity index (χ0) is 7.85. The molecule has 0 aromatic heterocycles. The molecular formula is C10H16O. The standard InChI is InChI=1S/C10H16O/c1-9(2)6-3-7-5-10(7,9)8(11)4-6/h6-8,11H,3-5H2,1-2H3. The van der Waals surface area contributed by atoms with Crippen molar-refractivity contribution < 1.29 is 5.11 Å². The zero-order valence-electron chi connectivity index (χ0n) is 7.30. The third-order valence-corrected chi connectivity index (χ3v) is 5.04. The lowest BCUT2D eigenvalue weighted by Gasteiger charge is -2.28. The minimum absolute atomic E-state index is 0.0428. The molecule has 0 amide bonds. The van der Waals surface area contributed by atoms with Gasteiger partial charge in [-0.25, -0.2) is 0 Å². The van der Waals surface area contributed by atoms with E-state index in [1.807, 2.05) is 0 Å². The van der Waals surface area contributed by atoms with Gasteiger partial charge in [-0.1, -0.05) is 13.8 Å². The van der Waals surface area contributed by atoms with Gasteiger partial charge in [0.05, 0.1) is 6.10 Å². The predicted octanol–water partition coefficient (Wildman–Crippen LogP) is 1.80. The second-order valence-corrected chi connectivity index (χ2v) is 5.35. The zero-order valence-corrected chi connectivity index (χ0v) is 7.30. The van der Waals surface area contributed by atoms with Crippen LogP contribution in [0.1, 0.15) is 33.1 Å². The average Bonchev–Trinajstić information content (AvgIpc) is 2.55. The van der Waals surface area contributed by atoms with E-state index in [1.165, 1.54) is 12.8 Å². The number of aliphatic hydroxyl groups excluding tert-OH is 1. The topological polar surface area (TPSA) is 20.2 Å². The molecule has 0 aliphatic heterocycles. The van der Waals surface area contributed by atoms with Crippen molar-refractivity contribution in [3.8, 4) is 0 Å². The Labute approximate surface area is 67.8 Å². The van der Waals surface area contributed by atoms with Gasteiger partial charge in [0.25, 0.3) is 0 Å². The Morgan fingerprint density at radius 1 is 1.18 bits per heavy atom. The van der Waals surface area contributed by atoms with E-state index in [9.17, 15) is 5.11 Å². The summed E-state index contributed by atoms with van der Waals surface area (Å²) in [4.78, 5) is 0. The van der Waals surface area contributed by atoms with Gasteiger partial charge in [-0.3, -0.25) is 0 Å². The van der Waals surface area contributed by atoms with Gasteiger partial charge in [0, 0.05) is 5.41 Å². The Hall–Kier alpha value is -0.0400. The van der Waals surface area contributed by atoms with Gasteiger partial charge in [0.1, 0.15) is 0 Å². The van der Waals surface area contributed by atoms with Gasteiger partial charge in [-0.15, -0.1) is 0 Å². The van der Waals surface area contributed by atoms with Crippen molar-refractivity contribution in [2.45, 2.75) is 39.2 Å². The van der Waals surface area contributed by atoms with Crippen LogP contribution < -0.4 is 0 Å². The van der Waals surface area contributed by atoms with Crippen molar-refractivity contribution in [2.24, 2.45) is 22.7 Å². The first-order chi connectivity index (χ1) is 5.09. The predicted molar refractivity (Wildman–Crippen MR) is 43.1 cm³/mol. The summed E-state index contributed by atoms with van der Waals surface area (Å²) in [7, 11) is 0. The van der Waals surface area contributed by atoms with Crippen molar-refractivity contribution in [1.82, 2.24) is 0 Å². The third-order valence-electron chi connectivity index (χ3n) is 5.04. The van der Waals surface area contributed by atoms with Gasteiger partial charge in [-0.2, -0.15) is 0 Å². The number of aliphatic hydroxyl groups is 1. The van der Waals surface area contributed by atoms with Crippen molar-refractivity contribution in [1.29, 1.82) is 0 Å². The minimum Gasteiger partial charge on any atom is -0.393 e. The lowest BCUT2D eigenvalue weighted by Crippen LogP contribution is -2.27. The van der Waals surface area contributed by atoms with E-state index in [4.69, 9.17) is 0 Å². The molecule has 11 heavy (non-hydrogen) atoms. The molecule has 0 saturated heterocycles. The highest BCUT2D eigenvalue weighted by Gasteiger charge is 2.77. The minimum atomic E-state index is 0.0428. The molecule has 3 saturated carbocycles. The van der Waals surface area contributed by atoms with Crippen LogP contribution in [0.15, 0.2) is 0 Å². The maximum Gasteiger partial charge on any atom is 0.0607 e. The fourth-order valence-corrected chi connectivity index (χ4v) is 4.16. The largest absolute Gasteiger partial charge is 0.393 e. The molecule has 0 aromatic carbocycles. The third kappa shape index (κ3) is 0.438. The second-order valence-electron chi connectivity index (χ2n) is 5.35. The van der Waals surface area contributed by atoms with E-state index >= 15 is 0 Å². The van der Waals surface area contributed by atoms with Crippen LogP contribution in [-0.2, 0) is 0 Å². The summed E-state index contributed by atoms with van der Waals surface area (Å²) in [5.74, 6) is 1.72. The number of rotatable bonds is 0. The molecule has 3 aliphatic carbocycles. The van der Waals surface area contributed by atoms with Crippen molar-refractivity contribution in [3.63, 3.8) is 0 Å². The van der Waals surface area contributed by atoms with E-state index < -0.39 is 0 Å². The van der Waals surface area contributed by atoms with Crippen LogP contribution in [0.3, 0.4) is 0 Å². The lowest BCUT2D eigenvalue weighted by molar-refractivity contribution is 0.0694. The maximum absolute atomic E-state index is 9.86. The van der Waals surface area contributed by atoms with E-state index in [1.54, 1.807) is 0 Å². The monoisotopic (exact) mass is 152 g/mol. The van der Waals surface area contributed by atoms with Gasteiger partial charge in [-0.05, 0) is 36.5 Å². The van der Waals surface area contributed by atoms with Gasteiger partial charge >= 0.3 is 0 Å². The van der Waals surface area contributed by atoms with Crippen LogP contribution in [0, 0.1) is 22.7 Å². The van der Waals surface area contributed by atoms with Crippen molar-refractivity contribution in [2.75, 3.05) is 0 Å². The van der Waals surface area contributed by atoms with Crippen LogP contribution in [-0.4, -0.2) is 11.2 Å². The summed E-state index contributed by atoms with van der Waals surface area (Å²) in [5, 5.41) is 9.86. The van der Waals surface area contributed by atoms with Crippen LogP contribution in [0.25, 0.3) is 0 Å². The van der Waals surface area contributed by atoms with E-state index in [-0.39, 0.29) is 6.10 Å². The molecular weight excluding hydrogens is 136 g/mol. The Bertz CT molecular complexity index is 221. The number of hydrogen-bond acceptors (Lipinski definition) is 1. The first-order valence-electron chi connectivity index (χ1n) is 4.77. The summed E-state index contributed by atoms with van der Waals surface area (Å²) < 4.78 is 0. The quantitative estimate of drug-likeness (QED) is 0.561. The summed E-state index contributed by atoms with van der Waals surface area (Å²) in [5.41, 5.74) is 0.842. The molecule has 1 spiro atoms. The van der Waals surface area contributed by atoms with Gasteiger partial charge < -0.3 is 5.11 Å². The van der Waals surface area contributed by atoms with E-state index in [0.717, 1.165) is 18.3 Å². The molecule has 4 atom stereocenters. The smallest absolute Gasteiger partial charge is 0.0607 e. The lowest BCUT2D eigenvalue weighted by atomic mass is 9.77. The normalized spacial score (nSPS) is 63.0. The molecule has 1 nitrogen and oxygen atoms in total. The summed E-state index contributed by atoms with van der Waals surface area (Å²) in [6.07, 6.45) is 3.85. The molecule has 3 fully saturated rings. The van der Waals surface area contributed by atoms with Crippen LogP contribution in [0.5, 0.6) is 0 Å². The fourth-order valence-electron chi connectivity index (χ4n) is 4.16. The molecule has 0 aromatic rings. The van der Waals surface area contributed by atoms with Crippen molar-refractivity contribution >= 4 is 0 Å². The SMILES string of the molecule is CC1(C)C2CC(O)C13CC3C2. The van der Waals surface area contributed by atoms with Crippen LogP contribution >= 0.6 is 0 Å². The molecule has 1 N–H and O–H groups in total. The van der Waals surface area contributed by atoms with E-state index in [0.29, 0.717) is 10.8 Å². The average molecular weight is 152 g/mol. The highest BCUT2D eigenvalue weighted by atomic mass is 16.3. The Morgan fingerprint density at radius 3 is 2.27 bits per heavy atom. The molecule has 62 valence electrons. The maximum atomic E-state index is 9.86. The van der Waals surface area contributed by atoms with Crippen molar-refractivity contribution in [3.05, 3.63) is 0 Å². The van der Waals surface area contributed by atoms with Gasteiger partial charge in [0.2, 0.25) is 0 Å². The first kappa shape index (κ1) is 6.47. The number of hydrogen-bond donors (Lipinski definition) is 1. The summed E-state index contributed by atoms with van der Waals surface area (Å²) in [6, 6.07) is 0. The first-order valence-corrected chi connectivity index (χ1v) is 4.77. The molecule has 3 aliphatic rings. The second kappa shape index (κ2) is 1.39. The fraction of sp³-hybridized carbons (Fsp3) is 1.00. The molecule has 0 radical (unpaired) electrons. The summed E-state index contributed by atoms with van der Waals surface area (Å²) in [6.45, 7) is 4.72. The molecule has 1 heteroatoms. The Balaban J connectivity index is 2.12. The highest BCUT2D eigenvalue weighted by Crippen LogP contribution is 2.81. The Kier molecular flexibility index (Phi) is 0.820. The molecule has 0 heterocycles. The van der Waals surface area contributed by atoms with Crippen LogP contribution in [0.4, 0.5) is 0 Å².